The molecule has 1 aliphatic rings. The van der Waals surface area contributed by atoms with E-state index in [9.17, 15) is 0 Å². The highest BCUT2D eigenvalue weighted by molar-refractivity contribution is 5.37. The molecule has 0 aliphatic carbocycles. The third-order valence-electron chi connectivity index (χ3n) is 3.05. The van der Waals surface area contributed by atoms with E-state index in [4.69, 9.17) is 4.74 Å². The van der Waals surface area contributed by atoms with E-state index in [0.717, 1.165) is 37.8 Å². The van der Waals surface area contributed by atoms with Crippen molar-refractivity contribution >= 4 is 5.82 Å². The van der Waals surface area contributed by atoms with Crippen LogP contribution in [0, 0.1) is 0 Å². The van der Waals surface area contributed by atoms with Crippen molar-refractivity contribution in [2.24, 2.45) is 0 Å². The van der Waals surface area contributed by atoms with Gasteiger partial charge < -0.3 is 15.0 Å². The number of anilines is 1. The van der Waals surface area contributed by atoms with E-state index in [1.807, 2.05) is 12.4 Å². The fourth-order valence-corrected chi connectivity index (χ4v) is 1.96. The SMILES string of the molecule is CC(C)NCc1cnc(N2CCOCC2C)cn1. The molecule has 0 bridgehead atoms. The van der Waals surface area contributed by atoms with Gasteiger partial charge in [-0.15, -0.1) is 0 Å². The monoisotopic (exact) mass is 250 g/mol. The number of ether oxygens (including phenoxy) is 1. The second-order valence-corrected chi connectivity index (χ2v) is 5.02. The molecule has 1 saturated heterocycles. The normalized spacial score (nSPS) is 20.4. The Labute approximate surface area is 109 Å². The lowest BCUT2D eigenvalue weighted by atomic mass is 10.2. The van der Waals surface area contributed by atoms with Crippen molar-refractivity contribution < 1.29 is 4.74 Å². The van der Waals surface area contributed by atoms with Crippen molar-refractivity contribution in [2.75, 3.05) is 24.7 Å². The lowest BCUT2D eigenvalue weighted by molar-refractivity contribution is 0.0985. The van der Waals surface area contributed by atoms with E-state index in [1.54, 1.807) is 0 Å². The highest BCUT2D eigenvalue weighted by Gasteiger charge is 2.20. The minimum absolute atomic E-state index is 0.368. The first-order valence-corrected chi connectivity index (χ1v) is 6.55. The van der Waals surface area contributed by atoms with Gasteiger partial charge >= 0.3 is 0 Å². The number of aromatic nitrogens is 2. The van der Waals surface area contributed by atoms with Gasteiger partial charge in [0.25, 0.3) is 0 Å². The van der Waals surface area contributed by atoms with Crippen molar-refractivity contribution in [3.05, 3.63) is 18.1 Å². The van der Waals surface area contributed by atoms with Crippen LogP contribution in [0.1, 0.15) is 26.5 Å². The number of nitrogens with one attached hydrogen (secondary N) is 1. The summed E-state index contributed by atoms with van der Waals surface area (Å²) < 4.78 is 5.42. The van der Waals surface area contributed by atoms with Gasteiger partial charge in [0, 0.05) is 19.1 Å². The third kappa shape index (κ3) is 3.40. The summed E-state index contributed by atoms with van der Waals surface area (Å²) in [5.41, 5.74) is 0.980. The van der Waals surface area contributed by atoms with Crippen LogP contribution in [0.25, 0.3) is 0 Å². The molecule has 2 heterocycles. The molecule has 1 fully saturated rings. The maximum absolute atomic E-state index is 5.42. The predicted molar refractivity (Wildman–Crippen MR) is 71.6 cm³/mol. The van der Waals surface area contributed by atoms with E-state index in [0.29, 0.717) is 12.1 Å². The van der Waals surface area contributed by atoms with Gasteiger partial charge in [0.15, 0.2) is 0 Å². The molecule has 1 aromatic rings. The molecule has 1 aromatic heterocycles. The van der Waals surface area contributed by atoms with Crippen LogP contribution >= 0.6 is 0 Å². The Morgan fingerprint density at radius 1 is 1.44 bits per heavy atom. The Morgan fingerprint density at radius 3 is 2.89 bits per heavy atom. The van der Waals surface area contributed by atoms with Crippen LogP contribution in [0.5, 0.6) is 0 Å². The molecule has 1 N–H and O–H groups in total. The van der Waals surface area contributed by atoms with Crippen LogP contribution in [0.4, 0.5) is 5.82 Å². The fraction of sp³-hybridized carbons (Fsp3) is 0.692. The minimum atomic E-state index is 0.368. The maximum atomic E-state index is 5.42. The molecule has 0 aromatic carbocycles. The summed E-state index contributed by atoms with van der Waals surface area (Å²) >= 11 is 0. The molecule has 0 spiro atoms. The van der Waals surface area contributed by atoms with Gasteiger partial charge in [-0.3, -0.25) is 4.98 Å². The van der Waals surface area contributed by atoms with Gasteiger partial charge in [-0.05, 0) is 6.92 Å². The number of nitrogens with zero attached hydrogens (tertiary/aromatic N) is 3. The van der Waals surface area contributed by atoms with Crippen LogP contribution in [0.2, 0.25) is 0 Å². The standard InChI is InChI=1S/C13H22N4O/c1-10(2)14-6-12-7-16-13(8-15-12)17-4-5-18-9-11(17)3/h7-8,10-11,14H,4-6,9H2,1-3H3. The molecule has 5 heteroatoms. The zero-order chi connectivity index (χ0) is 13.0. The van der Waals surface area contributed by atoms with Gasteiger partial charge in [-0.2, -0.15) is 0 Å². The fourth-order valence-electron chi connectivity index (χ4n) is 1.96. The summed E-state index contributed by atoms with van der Waals surface area (Å²) in [6.07, 6.45) is 3.71. The number of morpholine rings is 1. The van der Waals surface area contributed by atoms with E-state index in [-0.39, 0.29) is 0 Å². The average Bonchev–Trinajstić information content (AvgIpc) is 2.38. The van der Waals surface area contributed by atoms with Crippen molar-refractivity contribution in [3.8, 4) is 0 Å². The van der Waals surface area contributed by atoms with Crippen molar-refractivity contribution in [1.82, 2.24) is 15.3 Å². The first-order valence-electron chi connectivity index (χ1n) is 6.55. The summed E-state index contributed by atoms with van der Waals surface area (Å²) in [6, 6.07) is 0.832. The lowest BCUT2D eigenvalue weighted by Gasteiger charge is -2.33. The van der Waals surface area contributed by atoms with E-state index >= 15 is 0 Å². The molecule has 0 saturated carbocycles. The molecule has 100 valence electrons. The molecule has 1 aliphatic heterocycles. The highest BCUT2D eigenvalue weighted by Crippen LogP contribution is 2.15. The topological polar surface area (TPSA) is 50.3 Å². The molecule has 0 amide bonds. The Hall–Kier alpha value is -1.20. The summed E-state index contributed by atoms with van der Waals surface area (Å²) in [7, 11) is 0. The third-order valence-corrected chi connectivity index (χ3v) is 3.05. The summed E-state index contributed by atoms with van der Waals surface area (Å²) in [4.78, 5) is 11.2. The molecule has 18 heavy (non-hydrogen) atoms. The Kier molecular flexibility index (Phi) is 4.49. The predicted octanol–water partition coefficient (Wildman–Crippen LogP) is 1.20. The second-order valence-electron chi connectivity index (χ2n) is 5.02. The van der Waals surface area contributed by atoms with Crippen LogP contribution in [0.3, 0.4) is 0 Å². The molecular weight excluding hydrogens is 228 g/mol. The Morgan fingerprint density at radius 2 is 2.28 bits per heavy atom. The molecule has 2 rings (SSSR count). The number of hydrogen-bond donors (Lipinski definition) is 1. The van der Waals surface area contributed by atoms with Crippen LogP contribution in [0.15, 0.2) is 12.4 Å². The molecule has 5 nitrogen and oxygen atoms in total. The van der Waals surface area contributed by atoms with Gasteiger partial charge in [0.1, 0.15) is 5.82 Å². The van der Waals surface area contributed by atoms with Gasteiger partial charge in [0.05, 0.1) is 37.3 Å². The minimum Gasteiger partial charge on any atom is -0.377 e. The summed E-state index contributed by atoms with van der Waals surface area (Å²) in [5.74, 6) is 0.944. The first-order chi connectivity index (χ1) is 8.66. The first kappa shape index (κ1) is 13.2. The van der Waals surface area contributed by atoms with Crippen molar-refractivity contribution in [2.45, 2.75) is 39.4 Å². The molecule has 1 atom stereocenters. The second kappa shape index (κ2) is 6.11. The Balaban J connectivity index is 1.98. The summed E-state index contributed by atoms with van der Waals surface area (Å²) in [5, 5.41) is 3.33. The van der Waals surface area contributed by atoms with Crippen molar-refractivity contribution in [3.63, 3.8) is 0 Å². The van der Waals surface area contributed by atoms with Crippen LogP contribution < -0.4 is 10.2 Å². The van der Waals surface area contributed by atoms with Gasteiger partial charge in [-0.1, -0.05) is 13.8 Å². The Bertz CT molecular complexity index is 366. The van der Waals surface area contributed by atoms with E-state index in [2.05, 4.69) is 41.0 Å². The highest BCUT2D eigenvalue weighted by atomic mass is 16.5. The van der Waals surface area contributed by atoms with Crippen LogP contribution in [-0.4, -0.2) is 41.8 Å². The number of hydrogen-bond acceptors (Lipinski definition) is 5. The van der Waals surface area contributed by atoms with Gasteiger partial charge in [0.2, 0.25) is 0 Å². The van der Waals surface area contributed by atoms with Crippen LogP contribution in [-0.2, 0) is 11.3 Å². The summed E-state index contributed by atoms with van der Waals surface area (Å²) in [6.45, 7) is 9.58. The average molecular weight is 250 g/mol. The zero-order valence-corrected chi connectivity index (χ0v) is 11.4. The molecular formula is C13H22N4O. The largest absolute Gasteiger partial charge is 0.377 e. The van der Waals surface area contributed by atoms with Crippen molar-refractivity contribution in [1.29, 1.82) is 0 Å². The smallest absolute Gasteiger partial charge is 0.147 e. The zero-order valence-electron chi connectivity index (χ0n) is 11.4. The van der Waals surface area contributed by atoms with E-state index in [1.165, 1.54) is 0 Å². The maximum Gasteiger partial charge on any atom is 0.147 e. The molecule has 1 unspecified atom stereocenters. The molecule has 0 radical (unpaired) electrons. The van der Waals surface area contributed by atoms with Gasteiger partial charge in [-0.25, -0.2) is 4.98 Å². The van der Waals surface area contributed by atoms with E-state index < -0.39 is 0 Å². The quantitative estimate of drug-likeness (QED) is 0.870. The lowest BCUT2D eigenvalue weighted by Crippen LogP contribution is -2.44. The number of rotatable bonds is 4.